The van der Waals surface area contributed by atoms with E-state index in [1.807, 2.05) is 0 Å². The molecule has 2 aromatic rings. The Labute approximate surface area is 175 Å². The number of hydrogen-bond acceptors (Lipinski definition) is 6. The van der Waals surface area contributed by atoms with Gasteiger partial charge in [-0.1, -0.05) is 18.2 Å². The van der Waals surface area contributed by atoms with Gasteiger partial charge >= 0.3 is 6.18 Å². The first-order valence-corrected chi connectivity index (χ1v) is 9.19. The minimum atomic E-state index is -4.53. The van der Waals surface area contributed by atoms with Gasteiger partial charge in [0.2, 0.25) is 5.88 Å². The fourth-order valence-electron chi connectivity index (χ4n) is 3.35. The third-order valence-corrected chi connectivity index (χ3v) is 4.76. The summed E-state index contributed by atoms with van der Waals surface area (Å²) < 4.78 is 45.2. The van der Waals surface area contributed by atoms with E-state index in [-0.39, 0.29) is 28.5 Å². The number of anilines is 1. The monoisotopic (exact) mass is 427 g/mol. The number of rotatable bonds is 4. The molecule has 1 N–H and O–H groups in total. The molecule has 0 aliphatic carbocycles. The number of ether oxygens (including phenoxy) is 1. The van der Waals surface area contributed by atoms with E-state index in [9.17, 15) is 18.0 Å². The lowest BCUT2D eigenvalue weighted by atomic mass is 9.95. The number of aromatic nitrogens is 2. The molecule has 10 heteroatoms. The van der Waals surface area contributed by atoms with Crippen LogP contribution in [0.4, 0.5) is 19.0 Å². The lowest BCUT2D eigenvalue weighted by molar-refractivity contribution is -0.137. The highest BCUT2D eigenvalue weighted by atomic mass is 19.4. The lowest BCUT2D eigenvalue weighted by Gasteiger charge is -2.19. The van der Waals surface area contributed by atoms with Crippen LogP contribution in [-0.4, -0.2) is 40.7 Å². The van der Waals surface area contributed by atoms with Crippen molar-refractivity contribution in [1.82, 2.24) is 10.2 Å². The highest BCUT2D eigenvalue weighted by Crippen LogP contribution is 2.34. The van der Waals surface area contributed by atoms with Gasteiger partial charge in [-0.25, -0.2) is 0 Å². The molecule has 7 nitrogen and oxygen atoms in total. The number of alkyl halides is 3. The first kappa shape index (κ1) is 20.5. The van der Waals surface area contributed by atoms with Gasteiger partial charge in [0, 0.05) is 17.3 Å². The average molecular weight is 427 g/mol. The standard InChI is InChI=1S/C21H16F3N5O2/c1-11-18(20(30)27-16-9-10-17(31-2)29-28-16)19-15(25-11)8-7-14(26-19)12-5-3-4-6-13(12)21(22,23)24/h3-10,19H,1-2H3,(H,27,28,30). The Morgan fingerprint density at radius 3 is 2.55 bits per heavy atom. The summed E-state index contributed by atoms with van der Waals surface area (Å²) in [5, 5.41) is 10.3. The molecule has 1 aromatic heterocycles. The molecule has 0 bridgehead atoms. The third-order valence-electron chi connectivity index (χ3n) is 4.76. The summed E-state index contributed by atoms with van der Waals surface area (Å²) in [5.74, 6) is -0.0318. The van der Waals surface area contributed by atoms with Gasteiger partial charge in [0.1, 0.15) is 6.04 Å². The zero-order valence-electron chi connectivity index (χ0n) is 16.4. The number of carbonyl (C=O) groups is 1. The molecule has 1 amide bonds. The maximum absolute atomic E-state index is 13.4. The van der Waals surface area contributed by atoms with Crippen LogP contribution in [0, 0.1) is 0 Å². The van der Waals surface area contributed by atoms with Crippen molar-refractivity contribution in [2.24, 2.45) is 9.98 Å². The summed E-state index contributed by atoms with van der Waals surface area (Å²) in [5.41, 5.74) is 0.419. The number of halogens is 3. The van der Waals surface area contributed by atoms with Crippen molar-refractivity contribution in [3.05, 3.63) is 70.9 Å². The molecule has 4 rings (SSSR count). The number of carbonyl (C=O) groups excluding carboxylic acids is 1. The van der Waals surface area contributed by atoms with Crippen molar-refractivity contribution in [2.45, 2.75) is 19.1 Å². The Kier molecular flexibility index (Phi) is 5.14. The Morgan fingerprint density at radius 2 is 1.87 bits per heavy atom. The highest BCUT2D eigenvalue weighted by molar-refractivity contribution is 6.22. The van der Waals surface area contributed by atoms with Gasteiger partial charge in [-0.2, -0.15) is 13.2 Å². The number of hydrogen-bond donors (Lipinski definition) is 1. The molecule has 0 radical (unpaired) electrons. The van der Waals surface area contributed by atoms with Crippen molar-refractivity contribution < 1.29 is 22.7 Å². The zero-order chi connectivity index (χ0) is 22.2. The van der Waals surface area contributed by atoms with Crippen LogP contribution in [-0.2, 0) is 11.0 Å². The fraction of sp³-hybridized carbons (Fsp3) is 0.190. The van der Waals surface area contributed by atoms with E-state index in [0.717, 1.165) is 6.07 Å². The maximum atomic E-state index is 13.4. The van der Waals surface area contributed by atoms with Crippen molar-refractivity contribution >= 4 is 23.1 Å². The summed E-state index contributed by atoms with van der Waals surface area (Å²) in [4.78, 5) is 21.7. The number of amides is 1. The predicted octanol–water partition coefficient (Wildman–Crippen LogP) is 3.60. The van der Waals surface area contributed by atoms with Crippen LogP contribution in [0.5, 0.6) is 5.88 Å². The summed E-state index contributed by atoms with van der Waals surface area (Å²) in [6.45, 7) is 1.65. The number of allylic oxidation sites excluding steroid dienone is 2. The first-order valence-electron chi connectivity index (χ1n) is 9.19. The van der Waals surface area contributed by atoms with Crippen molar-refractivity contribution in [1.29, 1.82) is 0 Å². The van der Waals surface area contributed by atoms with Crippen LogP contribution in [0.2, 0.25) is 0 Å². The normalized spacial score (nSPS) is 17.8. The smallest absolute Gasteiger partial charge is 0.417 e. The van der Waals surface area contributed by atoms with Gasteiger partial charge in [0.05, 0.1) is 29.7 Å². The van der Waals surface area contributed by atoms with Crippen LogP contribution in [0.1, 0.15) is 18.1 Å². The Hall–Kier alpha value is -3.82. The minimum Gasteiger partial charge on any atom is -0.480 e. The second-order valence-electron chi connectivity index (χ2n) is 6.74. The third kappa shape index (κ3) is 3.96. The lowest BCUT2D eigenvalue weighted by Crippen LogP contribution is -2.29. The quantitative estimate of drug-likeness (QED) is 0.808. The van der Waals surface area contributed by atoms with Crippen LogP contribution < -0.4 is 10.1 Å². The van der Waals surface area contributed by atoms with E-state index in [1.54, 1.807) is 13.0 Å². The molecule has 158 valence electrons. The Bertz CT molecular complexity index is 1160. The molecule has 0 spiro atoms. The fourth-order valence-corrected chi connectivity index (χ4v) is 3.35. The van der Waals surface area contributed by atoms with Crippen molar-refractivity contribution in [2.75, 3.05) is 12.4 Å². The minimum absolute atomic E-state index is 0.0596. The second kappa shape index (κ2) is 7.78. The Morgan fingerprint density at radius 1 is 1.10 bits per heavy atom. The molecule has 1 aromatic carbocycles. The number of methoxy groups -OCH3 is 1. The molecular formula is C21H16F3N5O2. The maximum Gasteiger partial charge on any atom is 0.417 e. The van der Waals surface area contributed by atoms with Crippen LogP contribution in [0.15, 0.2) is 69.8 Å². The molecule has 1 atom stereocenters. The number of nitrogens with one attached hydrogen (secondary N) is 1. The topological polar surface area (TPSA) is 88.8 Å². The van der Waals surface area contributed by atoms with Gasteiger partial charge in [-0.05, 0) is 31.2 Å². The van der Waals surface area contributed by atoms with Gasteiger partial charge in [0.25, 0.3) is 5.91 Å². The van der Waals surface area contributed by atoms with E-state index in [2.05, 4.69) is 25.5 Å². The molecule has 2 aliphatic rings. The molecule has 3 heterocycles. The van der Waals surface area contributed by atoms with Gasteiger partial charge in [0.15, 0.2) is 5.82 Å². The largest absolute Gasteiger partial charge is 0.480 e. The van der Waals surface area contributed by atoms with Crippen LogP contribution in [0.25, 0.3) is 0 Å². The highest BCUT2D eigenvalue weighted by Gasteiger charge is 2.37. The van der Waals surface area contributed by atoms with E-state index in [1.165, 1.54) is 43.5 Å². The van der Waals surface area contributed by atoms with Crippen molar-refractivity contribution in [3.8, 4) is 5.88 Å². The second-order valence-corrected chi connectivity index (χ2v) is 6.74. The van der Waals surface area contributed by atoms with E-state index >= 15 is 0 Å². The number of nitrogens with zero attached hydrogens (tertiary/aromatic N) is 4. The van der Waals surface area contributed by atoms with E-state index in [0.29, 0.717) is 11.4 Å². The number of benzene rings is 1. The number of fused-ring (bicyclic) bond motifs is 1. The SMILES string of the molecule is COc1ccc(NC(=O)C2=C(C)N=C3C=CC(c4ccccc4C(F)(F)F)=NC32)nn1. The molecule has 0 saturated carbocycles. The average Bonchev–Trinajstić information content (AvgIpc) is 3.08. The molecule has 31 heavy (non-hydrogen) atoms. The molecule has 1 unspecified atom stereocenters. The summed E-state index contributed by atoms with van der Waals surface area (Å²) in [6.07, 6.45) is -1.48. The number of aliphatic imine (C=N–C) groups is 2. The molecule has 0 saturated heterocycles. The summed E-state index contributed by atoms with van der Waals surface area (Å²) >= 11 is 0. The van der Waals surface area contributed by atoms with Gasteiger partial charge in [-0.3, -0.25) is 14.8 Å². The molecular weight excluding hydrogens is 411 g/mol. The van der Waals surface area contributed by atoms with E-state index < -0.39 is 23.7 Å². The van der Waals surface area contributed by atoms with E-state index in [4.69, 9.17) is 4.74 Å². The van der Waals surface area contributed by atoms with Gasteiger partial charge < -0.3 is 10.1 Å². The summed E-state index contributed by atoms with van der Waals surface area (Å²) in [7, 11) is 1.44. The van der Waals surface area contributed by atoms with Crippen LogP contribution >= 0.6 is 0 Å². The van der Waals surface area contributed by atoms with Crippen molar-refractivity contribution in [3.63, 3.8) is 0 Å². The zero-order valence-corrected chi connectivity index (χ0v) is 16.4. The predicted molar refractivity (Wildman–Crippen MR) is 108 cm³/mol. The summed E-state index contributed by atoms with van der Waals surface area (Å²) in [6, 6.07) is 7.43. The molecule has 0 fully saturated rings. The van der Waals surface area contributed by atoms with Crippen LogP contribution in [0.3, 0.4) is 0 Å². The Balaban J connectivity index is 1.64. The van der Waals surface area contributed by atoms with Gasteiger partial charge in [-0.15, -0.1) is 10.2 Å². The number of dihydropyridines is 1. The molecule has 2 aliphatic heterocycles. The first-order chi connectivity index (χ1) is 14.8.